The van der Waals surface area contributed by atoms with Crippen molar-refractivity contribution in [2.24, 2.45) is 4.99 Å². The van der Waals surface area contributed by atoms with Crippen molar-refractivity contribution in [2.45, 2.75) is 59.9 Å². The number of hydrogen-bond acceptors (Lipinski definition) is 2. The molecule has 0 heterocycles. The summed E-state index contributed by atoms with van der Waals surface area (Å²) in [5.74, 6) is 0.942. The highest BCUT2D eigenvalue weighted by molar-refractivity contribution is 5.80. The molecule has 2 N–H and O–H groups in total. The van der Waals surface area contributed by atoms with Crippen molar-refractivity contribution in [3.63, 3.8) is 0 Å². The lowest BCUT2D eigenvalue weighted by Crippen LogP contribution is -2.42. The predicted molar refractivity (Wildman–Crippen MR) is 95.0 cm³/mol. The number of guanidine groups is 1. The summed E-state index contributed by atoms with van der Waals surface area (Å²) in [6.07, 6.45) is 7.64. The third-order valence-corrected chi connectivity index (χ3v) is 3.53. The molecule has 4 heteroatoms. The van der Waals surface area contributed by atoms with Crippen molar-refractivity contribution >= 4 is 5.96 Å². The van der Waals surface area contributed by atoms with Gasteiger partial charge in [-0.25, -0.2) is 0 Å². The van der Waals surface area contributed by atoms with E-state index in [4.69, 9.17) is 0 Å². The van der Waals surface area contributed by atoms with Crippen LogP contribution in [0.2, 0.25) is 0 Å². The maximum absolute atomic E-state index is 4.60. The minimum atomic E-state index is 0.458. The third-order valence-electron chi connectivity index (χ3n) is 3.53. The Morgan fingerprint density at radius 3 is 2.52 bits per heavy atom. The van der Waals surface area contributed by atoms with Crippen LogP contribution >= 0.6 is 0 Å². The first kappa shape index (κ1) is 20.0. The van der Waals surface area contributed by atoms with Crippen LogP contribution in [0.25, 0.3) is 0 Å². The fraction of sp³-hybridized carbons (Fsp3) is 0.824. The molecule has 0 fully saturated rings. The molecule has 0 saturated carbocycles. The summed E-state index contributed by atoms with van der Waals surface area (Å²) in [7, 11) is 0. The van der Waals surface area contributed by atoms with E-state index in [9.17, 15) is 0 Å². The highest BCUT2D eigenvalue weighted by atomic mass is 15.2. The van der Waals surface area contributed by atoms with Crippen molar-refractivity contribution in [3.05, 3.63) is 12.2 Å². The number of nitrogens with zero attached hydrogens (tertiary/aromatic N) is 2. The Balaban J connectivity index is 4.06. The average Bonchev–Trinajstić information content (AvgIpc) is 2.48. The summed E-state index contributed by atoms with van der Waals surface area (Å²) in [6, 6.07) is 0.458. The molecule has 21 heavy (non-hydrogen) atoms. The summed E-state index contributed by atoms with van der Waals surface area (Å²) in [5, 5.41) is 6.82. The van der Waals surface area contributed by atoms with Gasteiger partial charge in [-0.3, -0.25) is 4.99 Å². The van der Waals surface area contributed by atoms with E-state index < -0.39 is 0 Å². The Morgan fingerprint density at radius 2 is 1.95 bits per heavy atom. The first-order valence-corrected chi connectivity index (χ1v) is 8.56. The van der Waals surface area contributed by atoms with Crippen molar-refractivity contribution in [2.75, 3.05) is 32.7 Å². The van der Waals surface area contributed by atoms with Crippen LogP contribution in [0.1, 0.15) is 53.9 Å². The van der Waals surface area contributed by atoms with Gasteiger partial charge in [0.2, 0.25) is 0 Å². The summed E-state index contributed by atoms with van der Waals surface area (Å²) in [4.78, 5) is 7.07. The SMILES string of the molecule is C/C=C/CCN=C(NCC)NC(C)CCCN(CC)CC. The van der Waals surface area contributed by atoms with Crippen LogP contribution in [-0.2, 0) is 0 Å². The maximum Gasteiger partial charge on any atom is 0.191 e. The number of aliphatic imine (C=N–C) groups is 1. The van der Waals surface area contributed by atoms with Crippen molar-refractivity contribution in [3.8, 4) is 0 Å². The quantitative estimate of drug-likeness (QED) is 0.266. The molecule has 1 atom stereocenters. The molecule has 0 spiro atoms. The molecule has 0 aliphatic rings. The van der Waals surface area contributed by atoms with Gasteiger partial charge in [0, 0.05) is 19.1 Å². The van der Waals surface area contributed by atoms with E-state index in [0.717, 1.165) is 38.6 Å². The predicted octanol–water partition coefficient (Wildman–Crippen LogP) is 3.02. The number of rotatable bonds is 11. The van der Waals surface area contributed by atoms with Crippen LogP contribution < -0.4 is 10.6 Å². The first-order valence-electron chi connectivity index (χ1n) is 8.56. The molecule has 0 aliphatic carbocycles. The van der Waals surface area contributed by atoms with Crippen molar-refractivity contribution < 1.29 is 0 Å². The second-order valence-corrected chi connectivity index (χ2v) is 5.33. The van der Waals surface area contributed by atoms with Crippen molar-refractivity contribution in [1.29, 1.82) is 0 Å². The summed E-state index contributed by atoms with van der Waals surface area (Å²) in [5.41, 5.74) is 0. The molecule has 0 radical (unpaired) electrons. The van der Waals surface area contributed by atoms with E-state index in [1.165, 1.54) is 19.4 Å². The second kappa shape index (κ2) is 13.9. The largest absolute Gasteiger partial charge is 0.357 e. The van der Waals surface area contributed by atoms with E-state index in [0.29, 0.717) is 6.04 Å². The van der Waals surface area contributed by atoms with Gasteiger partial charge < -0.3 is 15.5 Å². The molecule has 0 rings (SSSR count). The zero-order valence-corrected chi connectivity index (χ0v) is 14.8. The highest BCUT2D eigenvalue weighted by Gasteiger charge is 2.06. The summed E-state index contributed by atoms with van der Waals surface area (Å²) < 4.78 is 0. The molecule has 0 amide bonds. The summed E-state index contributed by atoms with van der Waals surface area (Å²) in [6.45, 7) is 16.1. The molecular weight excluding hydrogens is 260 g/mol. The second-order valence-electron chi connectivity index (χ2n) is 5.33. The van der Waals surface area contributed by atoms with Crippen LogP contribution in [0, 0.1) is 0 Å². The molecule has 0 bridgehead atoms. The lowest BCUT2D eigenvalue weighted by atomic mass is 10.2. The molecule has 0 aromatic carbocycles. The Bertz CT molecular complexity index is 283. The molecule has 0 saturated heterocycles. The summed E-state index contributed by atoms with van der Waals surface area (Å²) >= 11 is 0. The van der Waals surface area contributed by atoms with Gasteiger partial charge in [0.15, 0.2) is 5.96 Å². The number of hydrogen-bond donors (Lipinski definition) is 2. The van der Waals surface area contributed by atoms with Crippen molar-refractivity contribution in [1.82, 2.24) is 15.5 Å². The van der Waals surface area contributed by atoms with Crippen LogP contribution in [0.3, 0.4) is 0 Å². The minimum absolute atomic E-state index is 0.458. The molecule has 124 valence electrons. The molecule has 0 aliphatic heterocycles. The fourth-order valence-electron chi connectivity index (χ4n) is 2.20. The molecule has 4 nitrogen and oxygen atoms in total. The molecular formula is C17H36N4. The Morgan fingerprint density at radius 1 is 1.24 bits per heavy atom. The normalized spacial score (nSPS) is 13.9. The van der Waals surface area contributed by atoms with Gasteiger partial charge in [0.1, 0.15) is 0 Å². The van der Waals surface area contributed by atoms with E-state index in [-0.39, 0.29) is 0 Å². The van der Waals surface area contributed by atoms with Gasteiger partial charge in [-0.2, -0.15) is 0 Å². The van der Waals surface area contributed by atoms with Crippen LogP contribution in [0.15, 0.2) is 17.1 Å². The fourth-order valence-corrected chi connectivity index (χ4v) is 2.20. The van der Waals surface area contributed by atoms with Gasteiger partial charge in [0.05, 0.1) is 0 Å². The van der Waals surface area contributed by atoms with E-state index in [2.05, 4.69) is 60.4 Å². The molecule has 0 aromatic heterocycles. The lowest BCUT2D eigenvalue weighted by molar-refractivity contribution is 0.292. The minimum Gasteiger partial charge on any atom is -0.357 e. The standard InChI is InChI=1S/C17H36N4/c1-6-10-11-14-19-17(18-7-2)20-16(5)13-12-15-21(8-3)9-4/h6,10,16H,7-9,11-15H2,1-5H3,(H2,18,19,20)/b10-6+. The maximum atomic E-state index is 4.60. The monoisotopic (exact) mass is 296 g/mol. The Labute approximate surface area is 132 Å². The highest BCUT2D eigenvalue weighted by Crippen LogP contribution is 1.99. The smallest absolute Gasteiger partial charge is 0.191 e. The number of nitrogens with one attached hydrogen (secondary N) is 2. The van der Waals surface area contributed by atoms with E-state index >= 15 is 0 Å². The first-order chi connectivity index (χ1) is 10.2. The van der Waals surface area contributed by atoms with Gasteiger partial charge in [0.25, 0.3) is 0 Å². The van der Waals surface area contributed by atoms with Crippen LogP contribution in [0.5, 0.6) is 0 Å². The topological polar surface area (TPSA) is 39.7 Å². The van der Waals surface area contributed by atoms with E-state index in [1.807, 2.05) is 6.92 Å². The molecule has 0 aromatic rings. The van der Waals surface area contributed by atoms with Gasteiger partial charge in [-0.1, -0.05) is 26.0 Å². The third kappa shape index (κ3) is 11.3. The average molecular weight is 297 g/mol. The Hall–Kier alpha value is -1.03. The van der Waals surface area contributed by atoms with E-state index in [1.54, 1.807) is 0 Å². The van der Waals surface area contributed by atoms with Crippen LogP contribution in [0.4, 0.5) is 0 Å². The molecule has 1 unspecified atom stereocenters. The van der Waals surface area contributed by atoms with Gasteiger partial charge >= 0.3 is 0 Å². The number of allylic oxidation sites excluding steroid dienone is 1. The Kier molecular flexibility index (Phi) is 13.2. The zero-order valence-electron chi connectivity index (χ0n) is 14.8. The van der Waals surface area contributed by atoms with Gasteiger partial charge in [-0.05, 0) is 59.7 Å². The van der Waals surface area contributed by atoms with Crippen LogP contribution in [-0.4, -0.2) is 49.6 Å². The van der Waals surface area contributed by atoms with Gasteiger partial charge in [-0.15, -0.1) is 0 Å². The lowest BCUT2D eigenvalue weighted by Gasteiger charge is -2.21. The zero-order chi connectivity index (χ0) is 15.9.